The average molecular weight is 224 g/mol. The number of likely N-dealkylation sites (N-methyl/N-ethyl adjacent to an activating group) is 1. The quantitative estimate of drug-likeness (QED) is 0.802. The number of aromatic carboxylic acids is 1. The van der Waals surface area contributed by atoms with Crippen molar-refractivity contribution >= 4 is 5.97 Å². The number of carboxylic acids is 1. The average Bonchev–Trinajstić information content (AvgIpc) is 2.61. The lowest BCUT2D eigenvalue weighted by molar-refractivity contribution is 0.0683. The van der Waals surface area contributed by atoms with E-state index in [0.29, 0.717) is 5.69 Å². The number of rotatable bonds is 6. The summed E-state index contributed by atoms with van der Waals surface area (Å²) in [5.74, 6) is -0.845. The normalized spacial score (nSPS) is 11.0. The highest BCUT2D eigenvalue weighted by molar-refractivity contribution is 5.87. The Morgan fingerprint density at radius 1 is 1.44 bits per heavy atom. The molecule has 4 heteroatoms. The zero-order chi connectivity index (χ0) is 12.1. The third kappa shape index (κ3) is 2.85. The molecule has 0 radical (unpaired) electrons. The Morgan fingerprint density at radius 3 is 2.56 bits per heavy atom. The maximum absolute atomic E-state index is 11.1. The fourth-order valence-electron chi connectivity index (χ4n) is 1.85. The SMILES string of the molecule is CCN(CC)CCn1ccc(C)c1C(=O)O. The molecule has 90 valence electrons. The van der Waals surface area contributed by atoms with Crippen molar-refractivity contribution in [2.75, 3.05) is 19.6 Å². The maximum Gasteiger partial charge on any atom is 0.352 e. The van der Waals surface area contributed by atoms with E-state index in [9.17, 15) is 4.79 Å². The van der Waals surface area contributed by atoms with Crippen LogP contribution in [0, 0.1) is 6.92 Å². The molecule has 0 unspecified atom stereocenters. The summed E-state index contributed by atoms with van der Waals surface area (Å²) in [5.41, 5.74) is 1.24. The first-order chi connectivity index (χ1) is 7.60. The number of carbonyl (C=O) groups is 1. The first kappa shape index (κ1) is 12.8. The lowest BCUT2D eigenvalue weighted by Crippen LogP contribution is -2.27. The van der Waals surface area contributed by atoms with Crippen molar-refractivity contribution in [3.8, 4) is 0 Å². The fraction of sp³-hybridized carbons (Fsp3) is 0.583. The number of hydrogen-bond donors (Lipinski definition) is 1. The number of carboxylic acid groups (broad SMARTS) is 1. The molecule has 1 aromatic rings. The zero-order valence-electron chi connectivity index (χ0n) is 10.2. The molecule has 0 aliphatic heterocycles. The van der Waals surface area contributed by atoms with Crippen molar-refractivity contribution in [1.29, 1.82) is 0 Å². The van der Waals surface area contributed by atoms with Crippen LogP contribution in [-0.2, 0) is 6.54 Å². The molecular formula is C12H20N2O2. The van der Waals surface area contributed by atoms with Gasteiger partial charge >= 0.3 is 5.97 Å². The third-order valence-corrected chi connectivity index (χ3v) is 2.92. The summed E-state index contributed by atoms with van der Waals surface area (Å²) in [6, 6.07) is 1.85. The van der Waals surface area contributed by atoms with E-state index in [-0.39, 0.29) is 0 Å². The van der Waals surface area contributed by atoms with E-state index in [1.165, 1.54) is 0 Å². The van der Waals surface area contributed by atoms with Crippen LogP contribution in [0.1, 0.15) is 29.9 Å². The molecule has 0 spiro atoms. The molecule has 4 nitrogen and oxygen atoms in total. The lowest BCUT2D eigenvalue weighted by atomic mass is 10.3. The van der Waals surface area contributed by atoms with Gasteiger partial charge in [-0.25, -0.2) is 4.79 Å². The fourth-order valence-corrected chi connectivity index (χ4v) is 1.85. The molecule has 16 heavy (non-hydrogen) atoms. The van der Waals surface area contributed by atoms with Crippen LogP contribution in [0.5, 0.6) is 0 Å². The summed E-state index contributed by atoms with van der Waals surface area (Å²) in [6.07, 6.45) is 1.85. The topological polar surface area (TPSA) is 45.5 Å². The van der Waals surface area contributed by atoms with Gasteiger partial charge in [0.05, 0.1) is 0 Å². The summed E-state index contributed by atoms with van der Waals surface area (Å²) < 4.78 is 1.82. The van der Waals surface area contributed by atoms with Gasteiger partial charge in [0.15, 0.2) is 0 Å². The van der Waals surface area contributed by atoms with Crippen LogP contribution in [0.2, 0.25) is 0 Å². The van der Waals surface area contributed by atoms with Gasteiger partial charge in [-0.1, -0.05) is 13.8 Å². The molecule has 0 atom stereocenters. The van der Waals surface area contributed by atoms with E-state index < -0.39 is 5.97 Å². The van der Waals surface area contributed by atoms with Crippen LogP contribution in [0.3, 0.4) is 0 Å². The van der Waals surface area contributed by atoms with Crippen LogP contribution >= 0.6 is 0 Å². The van der Waals surface area contributed by atoms with Gasteiger partial charge in [-0.2, -0.15) is 0 Å². The highest BCUT2D eigenvalue weighted by Gasteiger charge is 2.13. The largest absolute Gasteiger partial charge is 0.477 e. The molecule has 0 aliphatic carbocycles. The van der Waals surface area contributed by atoms with E-state index in [0.717, 1.165) is 31.7 Å². The van der Waals surface area contributed by atoms with E-state index in [4.69, 9.17) is 5.11 Å². The van der Waals surface area contributed by atoms with E-state index >= 15 is 0 Å². The van der Waals surface area contributed by atoms with Crippen molar-refractivity contribution in [1.82, 2.24) is 9.47 Å². The molecule has 0 amide bonds. The lowest BCUT2D eigenvalue weighted by Gasteiger charge is -2.18. The minimum atomic E-state index is -0.845. The molecule has 1 rings (SSSR count). The summed E-state index contributed by atoms with van der Waals surface area (Å²) >= 11 is 0. The third-order valence-electron chi connectivity index (χ3n) is 2.92. The second kappa shape index (κ2) is 5.70. The minimum absolute atomic E-state index is 0.409. The minimum Gasteiger partial charge on any atom is -0.477 e. The smallest absolute Gasteiger partial charge is 0.352 e. The predicted molar refractivity (Wildman–Crippen MR) is 63.9 cm³/mol. The molecule has 0 fully saturated rings. The Labute approximate surface area is 96.5 Å². The monoisotopic (exact) mass is 224 g/mol. The van der Waals surface area contributed by atoms with Gasteiger partial charge in [-0.05, 0) is 31.6 Å². The van der Waals surface area contributed by atoms with Crippen molar-refractivity contribution in [2.45, 2.75) is 27.3 Å². The predicted octanol–water partition coefficient (Wildman–Crippen LogP) is 1.84. The van der Waals surface area contributed by atoms with E-state index in [1.807, 2.05) is 23.8 Å². The maximum atomic E-state index is 11.1. The molecule has 0 aromatic carbocycles. The summed E-state index contributed by atoms with van der Waals surface area (Å²) in [4.78, 5) is 13.3. The van der Waals surface area contributed by atoms with Gasteiger partial charge in [0.2, 0.25) is 0 Å². The molecule has 0 bridgehead atoms. The van der Waals surface area contributed by atoms with Crippen LogP contribution in [0.25, 0.3) is 0 Å². The zero-order valence-corrected chi connectivity index (χ0v) is 10.2. The number of nitrogens with zero attached hydrogens (tertiary/aromatic N) is 2. The molecular weight excluding hydrogens is 204 g/mol. The molecule has 1 heterocycles. The first-order valence-electron chi connectivity index (χ1n) is 5.71. The van der Waals surface area contributed by atoms with Crippen LogP contribution in [0.4, 0.5) is 0 Å². The Hall–Kier alpha value is -1.29. The van der Waals surface area contributed by atoms with Crippen molar-refractivity contribution in [3.05, 3.63) is 23.5 Å². The first-order valence-corrected chi connectivity index (χ1v) is 5.71. The second-order valence-corrected chi connectivity index (χ2v) is 3.87. The van der Waals surface area contributed by atoms with Gasteiger partial charge in [-0.15, -0.1) is 0 Å². The highest BCUT2D eigenvalue weighted by Crippen LogP contribution is 2.10. The van der Waals surface area contributed by atoms with Crippen molar-refractivity contribution in [3.63, 3.8) is 0 Å². The Bertz CT molecular complexity index is 354. The molecule has 1 N–H and O–H groups in total. The number of hydrogen-bond acceptors (Lipinski definition) is 2. The Kier molecular flexibility index (Phi) is 4.55. The van der Waals surface area contributed by atoms with Crippen LogP contribution in [-0.4, -0.2) is 40.2 Å². The van der Waals surface area contributed by atoms with Gasteiger partial charge in [0, 0.05) is 19.3 Å². The van der Waals surface area contributed by atoms with Crippen LogP contribution < -0.4 is 0 Å². The van der Waals surface area contributed by atoms with Gasteiger partial charge in [0.1, 0.15) is 5.69 Å². The second-order valence-electron chi connectivity index (χ2n) is 3.87. The summed E-state index contributed by atoms with van der Waals surface area (Å²) in [5, 5.41) is 9.08. The summed E-state index contributed by atoms with van der Waals surface area (Å²) in [6.45, 7) is 9.68. The number of aryl methyl sites for hydroxylation is 1. The van der Waals surface area contributed by atoms with Crippen molar-refractivity contribution < 1.29 is 9.90 Å². The number of aromatic nitrogens is 1. The van der Waals surface area contributed by atoms with Gasteiger partial charge in [-0.3, -0.25) is 0 Å². The van der Waals surface area contributed by atoms with E-state index in [1.54, 1.807) is 0 Å². The molecule has 0 saturated carbocycles. The Balaban J connectivity index is 2.70. The van der Waals surface area contributed by atoms with Crippen molar-refractivity contribution in [2.24, 2.45) is 0 Å². The summed E-state index contributed by atoms with van der Waals surface area (Å²) in [7, 11) is 0. The highest BCUT2D eigenvalue weighted by atomic mass is 16.4. The molecule has 0 saturated heterocycles. The van der Waals surface area contributed by atoms with E-state index in [2.05, 4.69) is 18.7 Å². The van der Waals surface area contributed by atoms with Gasteiger partial charge < -0.3 is 14.6 Å². The molecule has 0 aliphatic rings. The standard InChI is InChI=1S/C12H20N2O2/c1-4-13(5-2)8-9-14-7-6-10(3)11(14)12(15)16/h6-7H,4-5,8-9H2,1-3H3,(H,15,16). The van der Waals surface area contributed by atoms with Crippen LogP contribution in [0.15, 0.2) is 12.3 Å². The molecule has 1 aromatic heterocycles. The Morgan fingerprint density at radius 2 is 2.06 bits per heavy atom. The van der Waals surface area contributed by atoms with Gasteiger partial charge in [0.25, 0.3) is 0 Å².